The summed E-state index contributed by atoms with van der Waals surface area (Å²) in [5.41, 5.74) is 1.39. The van der Waals surface area contributed by atoms with Gasteiger partial charge in [-0.05, 0) is 12.5 Å². The molecule has 1 aliphatic rings. The summed E-state index contributed by atoms with van der Waals surface area (Å²) in [5.74, 6) is -0.0460. The lowest BCUT2D eigenvalue weighted by atomic mass is 10.0. The predicted molar refractivity (Wildman–Crippen MR) is 68.3 cm³/mol. The average Bonchev–Trinajstić information content (AvgIpc) is 2.82. The summed E-state index contributed by atoms with van der Waals surface area (Å²) in [6, 6.07) is 3.31. The van der Waals surface area contributed by atoms with E-state index in [4.69, 9.17) is 16.5 Å². The van der Waals surface area contributed by atoms with Gasteiger partial charge in [0.25, 0.3) is 0 Å². The van der Waals surface area contributed by atoms with Crippen molar-refractivity contribution in [2.24, 2.45) is 0 Å². The van der Waals surface area contributed by atoms with Gasteiger partial charge in [-0.15, -0.1) is 0 Å². The van der Waals surface area contributed by atoms with E-state index < -0.39 is 6.10 Å². The number of allylic oxidation sites excluding steroid dienone is 1. The van der Waals surface area contributed by atoms with E-state index in [1.54, 1.807) is 18.2 Å². The number of aliphatic hydroxyl groups excluding tert-OH is 1. The van der Waals surface area contributed by atoms with Crippen molar-refractivity contribution in [1.82, 2.24) is 4.98 Å². The summed E-state index contributed by atoms with van der Waals surface area (Å²) in [5, 5.41) is 10.3. The van der Waals surface area contributed by atoms with Crippen LogP contribution in [0.2, 0.25) is 5.15 Å². The molecular formula is C13H14ClNO4. The van der Waals surface area contributed by atoms with Gasteiger partial charge in [0.15, 0.2) is 5.78 Å². The predicted octanol–water partition coefficient (Wildman–Crippen LogP) is 2.14. The Kier molecular flexibility index (Phi) is 4.66. The third-order valence-electron chi connectivity index (χ3n) is 2.91. The number of carbonyl (C=O) groups excluding carboxylic acids is 1. The normalized spacial score (nSPS) is 16.6. The van der Waals surface area contributed by atoms with Crippen LogP contribution in [0, 0.1) is 0 Å². The molecule has 1 atom stereocenters. The molecule has 0 radical (unpaired) electrons. The molecule has 19 heavy (non-hydrogen) atoms. The molecule has 1 aromatic rings. The molecule has 0 bridgehead atoms. The topological polar surface area (TPSA) is 68.7 Å². The van der Waals surface area contributed by atoms with Gasteiger partial charge in [-0.2, -0.15) is 0 Å². The first-order valence-corrected chi connectivity index (χ1v) is 6.23. The minimum atomic E-state index is -1.02. The lowest BCUT2D eigenvalue weighted by molar-refractivity contribution is -0.282. The molecule has 1 aliphatic carbocycles. The molecule has 0 aliphatic heterocycles. The molecule has 1 heterocycles. The van der Waals surface area contributed by atoms with Crippen LogP contribution in [0.25, 0.3) is 0 Å². The Bertz CT molecular complexity index is 515. The zero-order valence-corrected chi connectivity index (χ0v) is 11.2. The second kappa shape index (κ2) is 6.25. The van der Waals surface area contributed by atoms with E-state index in [-0.39, 0.29) is 17.5 Å². The van der Waals surface area contributed by atoms with E-state index in [1.165, 1.54) is 7.11 Å². The maximum Gasteiger partial charge on any atom is 0.161 e. The average molecular weight is 284 g/mol. The molecule has 1 unspecified atom stereocenters. The Labute approximate surface area is 115 Å². The maximum atomic E-state index is 11.6. The SMILES string of the molecule is COOCc1ccc(C(O)C2=CCCC2=O)c(Cl)n1. The highest BCUT2D eigenvalue weighted by molar-refractivity contribution is 6.30. The smallest absolute Gasteiger partial charge is 0.161 e. The van der Waals surface area contributed by atoms with Gasteiger partial charge in [-0.25, -0.2) is 14.8 Å². The fourth-order valence-electron chi connectivity index (χ4n) is 1.93. The highest BCUT2D eigenvalue weighted by atomic mass is 35.5. The van der Waals surface area contributed by atoms with Crippen LogP contribution in [0.5, 0.6) is 0 Å². The number of hydrogen-bond donors (Lipinski definition) is 1. The Morgan fingerprint density at radius 1 is 1.53 bits per heavy atom. The second-order valence-corrected chi connectivity index (χ2v) is 4.49. The molecule has 1 N–H and O–H groups in total. The molecule has 0 aromatic carbocycles. The van der Waals surface area contributed by atoms with Gasteiger partial charge in [0, 0.05) is 17.6 Å². The van der Waals surface area contributed by atoms with Gasteiger partial charge in [-0.1, -0.05) is 23.7 Å². The first-order chi connectivity index (χ1) is 9.13. The number of pyridine rings is 1. The molecule has 2 rings (SSSR count). The summed E-state index contributed by atoms with van der Waals surface area (Å²) in [6.07, 6.45) is 1.82. The van der Waals surface area contributed by atoms with Crippen LogP contribution < -0.4 is 0 Å². The van der Waals surface area contributed by atoms with Crippen molar-refractivity contribution in [1.29, 1.82) is 0 Å². The van der Waals surface area contributed by atoms with Crippen molar-refractivity contribution in [2.45, 2.75) is 25.6 Å². The molecule has 0 spiro atoms. The number of ketones is 1. The van der Waals surface area contributed by atoms with Gasteiger partial charge in [-0.3, -0.25) is 4.79 Å². The van der Waals surface area contributed by atoms with Crippen molar-refractivity contribution in [3.8, 4) is 0 Å². The summed E-state index contributed by atoms with van der Waals surface area (Å²) in [4.78, 5) is 24.9. The number of nitrogens with zero attached hydrogens (tertiary/aromatic N) is 1. The standard InChI is InChI=1S/C13H14ClNO4/c1-18-19-7-8-5-6-10(13(14)15-8)12(17)9-3-2-4-11(9)16/h3,5-6,12,17H,2,4,7H2,1H3. The van der Waals surface area contributed by atoms with Crippen molar-refractivity contribution in [3.63, 3.8) is 0 Å². The van der Waals surface area contributed by atoms with E-state index in [1.807, 2.05) is 0 Å². The number of hydrogen-bond acceptors (Lipinski definition) is 5. The number of rotatable bonds is 5. The molecule has 6 heteroatoms. The number of aromatic nitrogens is 1. The maximum absolute atomic E-state index is 11.6. The van der Waals surface area contributed by atoms with Crippen LogP contribution in [0.3, 0.4) is 0 Å². The van der Waals surface area contributed by atoms with Crippen LogP contribution in [-0.4, -0.2) is 23.0 Å². The van der Waals surface area contributed by atoms with E-state index in [0.717, 1.165) is 0 Å². The van der Waals surface area contributed by atoms with E-state index in [2.05, 4.69) is 9.87 Å². The fourth-order valence-corrected chi connectivity index (χ4v) is 2.21. The van der Waals surface area contributed by atoms with Gasteiger partial charge in [0.05, 0.1) is 12.8 Å². The Morgan fingerprint density at radius 3 is 2.89 bits per heavy atom. The Morgan fingerprint density at radius 2 is 2.32 bits per heavy atom. The van der Waals surface area contributed by atoms with Gasteiger partial charge in [0.1, 0.15) is 17.9 Å². The van der Waals surface area contributed by atoms with Crippen molar-refractivity contribution in [2.75, 3.05) is 7.11 Å². The lowest BCUT2D eigenvalue weighted by Gasteiger charge is -2.13. The van der Waals surface area contributed by atoms with E-state index in [9.17, 15) is 9.90 Å². The number of aliphatic hydroxyl groups is 1. The highest BCUT2D eigenvalue weighted by Gasteiger charge is 2.25. The monoisotopic (exact) mass is 283 g/mol. The van der Waals surface area contributed by atoms with Gasteiger partial charge >= 0.3 is 0 Å². The molecule has 0 saturated carbocycles. The van der Waals surface area contributed by atoms with Crippen LogP contribution in [0.4, 0.5) is 0 Å². The Balaban J connectivity index is 2.18. The summed E-state index contributed by atoms with van der Waals surface area (Å²) in [6.45, 7) is 0.161. The number of Topliss-reactive ketones (excluding diaryl/α,β-unsaturated/α-hetero) is 1. The summed E-state index contributed by atoms with van der Waals surface area (Å²) >= 11 is 6.02. The Hall–Kier alpha value is -1.27. The number of carbonyl (C=O) groups is 1. The zero-order chi connectivity index (χ0) is 13.8. The zero-order valence-electron chi connectivity index (χ0n) is 10.4. The summed E-state index contributed by atoms with van der Waals surface area (Å²) in [7, 11) is 1.40. The van der Waals surface area contributed by atoms with Crippen LogP contribution in [-0.2, 0) is 21.2 Å². The largest absolute Gasteiger partial charge is 0.383 e. The molecule has 5 nitrogen and oxygen atoms in total. The molecule has 1 aromatic heterocycles. The molecule has 0 saturated heterocycles. The minimum absolute atomic E-state index is 0.0460. The van der Waals surface area contributed by atoms with Crippen molar-refractivity contribution in [3.05, 3.63) is 40.2 Å². The quantitative estimate of drug-likeness (QED) is 0.509. The van der Waals surface area contributed by atoms with Gasteiger partial charge < -0.3 is 5.11 Å². The molecule has 0 fully saturated rings. The van der Waals surface area contributed by atoms with Crippen LogP contribution >= 0.6 is 11.6 Å². The number of halogens is 1. The van der Waals surface area contributed by atoms with Crippen LogP contribution in [0.1, 0.15) is 30.2 Å². The highest BCUT2D eigenvalue weighted by Crippen LogP contribution is 2.31. The van der Waals surface area contributed by atoms with Crippen LogP contribution in [0.15, 0.2) is 23.8 Å². The minimum Gasteiger partial charge on any atom is -0.383 e. The molecule has 0 amide bonds. The van der Waals surface area contributed by atoms with Crippen molar-refractivity contribution < 1.29 is 19.7 Å². The first kappa shape index (κ1) is 14.1. The fraction of sp³-hybridized carbons (Fsp3) is 0.385. The third kappa shape index (κ3) is 3.19. The third-order valence-corrected chi connectivity index (χ3v) is 3.21. The van der Waals surface area contributed by atoms with Gasteiger partial charge in [0.2, 0.25) is 0 Å². The molecular weight excluding hydrogens is 270 g/mol. The second-order valence-electron chi connectivity index (χ2n) is 4.14. The van der Waals surface area contributed by atoms with E-state index in [0.29, 0.717) is 29.7 Å². The lowest BCUT2D eigenvalue weighted by Crippen LogP contribution is -2.09. The first-order valence-electron chi connectivity index (χ1n) is 5.85. The van der Waals surface area contributed by atoms with Crippen molar-refractivity contribution >= 4 is 17.4 Å². The summed E-state index contributed by atoms with van der Waals surface area (Å²) < 4.78 is 0. The molecule has 102 valence electrons. The van der Waals surface area contributed by atoms with E-state index >= 15 is 0 Å².